The van der Waals surface area contributed by atoms with E-state index in [4.69, 9.17) is 4.74 Å². The molecule has 1 N–H and O–H groups in total. The Morgan fingerprint density at radius 2 is 2.07 bits per heavy atom. The SMILES string of the molecule is Cc1ccc(N[C@@H]2CCO[C@H]2C)cc1C. The lowest BCUT2D eigenvalue weighted by Crippen LogP contribution is -2.26. The smallest absolute Gasteiger partial charge is 0.0748 e. The van der Waals surface area contributed by atoms with Crippen molar-refractivity contribution in [2.75, 3.05) is 11.9 Å². The number of benzene rings is 1. The van der Waals surface area contributed by atoms with Gasteiger partial charge in [0.05, 0.1) is 12.1 Å². The topological polar surface area (TPSA) is 21.3 Å². The van der Waals surface area contributed by atoms with Gasteiger partial charge in [-0.1, -0.05) is 6.07 Å². The highest BCUT2D eigenvalue weighted by molar-refractivity contribution is 5.49. The maximum atomic E-state index is 5.53. The van der Waals surface area contributed by atoms with Crippen LogP contribution in [0.25, 0.3) is 0 Å². The van der Waals surface area contributed by atoms with Gasteiger partial charge in [0, 0.05) is 12.3 Å². The van der Waals surface area contributed by atoms with Gasteiger partial charge in [0.2, 0.25) is 0 Å². The summed E-state index contributed by atoms with van der Waals surface area (Å²) in [5.74, 6) is 0. The fraction of sp³-hybridized carbons (Fsp3) is 0.538. The molecule has 0 spiro atoms. The van der Waals surface area contributed by atoms with Crippen LogP contribution in [-0.2, 0) is 4.74 Å². The summed E-state index contributed by atoms with van der Waals surface area (Å²) >= 11 is 0. The highest BCUT2D eigenvalue weighted by atomic mass is 16.5. The van der Waals surface area contributed by atoms with E-state index >= 15 is 0 Å². The molecule has 1 aliphatic heterocycles. The molecule has 2 nitrogen and oxygen atoms in total. The van der Waals surface area contributed by atoms with E-state index in [0.717, 1.165) is 13.0 Å². The normalized spacial score (nSPS) is 25.5. The maximum Gasteiger partial charge on any atom is 0.0748 e. The molecule has 2 atom stereocenters. The predicted molar refractivity (Wildman–Crippen MR) is 63.4 cm³/mol. The van der Waals surface area contributed by atoms with Gasteiger partial charge in [-0.15, -0.1) is 0 Å². The highest BCUT2D eigenvalue weighted by Crippen LogP contribution is 2.20. The minimum Gasteiger partial charge on any atom is -0.380 e. The third-order valence-corrected chi connectivity index (χ3v) is 3.24. The molecular weight excluding hydrogens is 186 g/mol. The third-order valence-electron chi connectivity index (χ3n) is 3.24. The number of aryl methyl sites for hydroxylation is 2. The number of anilines is 1. The van der Waals surface area contributed by atoms with Crippen molar-refractivity contribution in [3.8, 4) is 0 Å². The van der Waals surface area contributed by atoms with Gasteiger partial charge in [-0.25, -0.2) is 0 Å². The molecule has 1 aromatic rings. The molecule has 1 aliphatic rings. The molecule has 0 saturated carbocycles. The second-order valence-corrected chi connectivity index (χ2v) is 4.41. The molecule has 0 radical (unpaired) electrons. The van der Waals surface area contributed by atoms with Crippen molar-refractivity contribution in [2.24, 2.45) is 0 Å². The minimum atomic E-state index is 0.326. The Labute approximate surface area is 91.6 Å². The van der Waals surface area contributed by atoms with Gasteiger partial charge in [0.25, 0.3) is 0 Å². The van der Waals surface area contributed by atoms with Gasteiger partial charge in [0.15, 0.2) is 0 Å². The maximum absolute atomic E-state index is 5.53. The Balaban J connectivity index is 2.07. The summed E-state index contributed by atoms with van der Waals surface area (Å²) in [7, 11) is 0. The van der Waals surface area contributed by atoms with Crippen molar-refractivity contribution in [2.45, 2.75) is 39.3 Å². The quantitative estimate of drug-likeness (QED) is 0.801. The zero-order valence-electron chi connectivity index (χ0n) is 9.71. The molecule has 2 rings (SSSR count). The number of rotatable bonds is 2. The summed E-state index contributed by atoms with van der Waals surface area (Å²) in [5, 5.41) is 3.53. The van der Waals surface area contributed by atoms with E-state index in [9.17, 15) is 0 Å². The summed E-state index contributed by atoms with van der Waals surface area (Å²) in [4.78, 5) is 0. The standard InChI is InChI=1S/C13H19NO/c1-9-4-5-12(8-10(9)2)14-13-6-7-15-11(13)3/h4-5,8,11,13-14H,6-7H2,1-3H3/t11-,13+/m0/s1. The third kappa shape index (κ3) is 2.32. The number of ether oxygens (including phenoxy) is 1. The van der Waals surface area contributed by atoms with Crippen LogP contribution in [0.3, 0.4) is 0 Å². The fourth-order valence-electron chi connectivity index (χ4n) is 1.97. The monoisotopic (exact) mass is 205 g/mol. The lowest BCUT2D eigenvalue weighted by molar-refractivity contribution is 0.121. The fourth-order valence-corrected chi connectivity index (χ4v) is 1.97. The number of nitrogens with one attached hydrogen (secondary N) is 1. The van der Waals surface area contributed by atoms with Gasteiger partial charge in [0.1, 0.15) is 0 Å². The summed E-state index contributed by atoms with van der Waals surface area (Å²) in [5.41, 5.74) is 3.89. The van der Waals surface area contributed by atoms with Gasteiger partial charge in [-0.2, -0.15) is 0 Å². The molecule has 15 heavy (non-hydrogen) atoms. The largest absolute Gasteiger partial charge is 0.380 e. The van der Waals surface area contributed by atoms with E-state index in [1.54, 1.807) is 0 Å². The minimum absolute atomic E-state index is 0.326. The van der Waals surface area contributed by atoms with Crippen LogP contribution in [0.2, 0.25) is 0 Å². The Bertz CT molecular complexity index is 348. The first-order valence-corrected chi connectivity index (χ1v) is 5.62. The van der Waals surface area contributed by atoms with Crippen LogP contribution in [0.5, 0.6) is 0 Å². The molecule has 0 aromatic heterocycles. The average molecular weight is 205 g/mol. The second-order valence-electron chi connectivity index (χ2n) is 4.41. The van der Waals surface area contributed by atoms with E-state index in [1.165, 1.54) is 16.8 Å². The van der Waals surface area contributed by atoms with E-state index in [-0.39, 0.29) is 0 Å². The molecular formula is C13H19NO. The molecule has 82 valence electrons. The predicted octanol–water partition coefficient (Wildman–Crippen LogP) is 2.89. The Morgan fingerprint density at radius 3 is 2.67 bits per heavy atom. The van der Waals surface area contributed by atoms with Crippen LogP contribution in [0.4, 0.5) is 5.69 Å². The van der Waals surface area contributed by atoms with E-state index in [0.29, 0.717) is 12.1 Å². The van der Waals surface area contributed by atoms with Crippen molar-refractivity contribution in [1.82, 2.24) is 0 Å². The summed E-state index contributed by atoms with van der Waals surface area (Å²) < 4.78 is 5.53. The first kappa shape index (κ1) is 10.5. The lowest BCUT2D eigenvalue weighted by Gasteiger charge is -2.18. The summed E-state index contributed by atoms with van der Waals surface area (Å²) in [6.45, 7) is 7.30. The molecule has 1 heterocycles. The van der Waals surface area contributed by atoms with Crippen molar-refractivity contribution in [1.29, 1.82) is 0 Å². The molecule has 1 saturated heterocycles. The number of hydrogen-bond acceptors (Lipinski definition) is 2. The second kappa shape index (κ2) is 4.23. The molecule has 1 aromatic carbocycles. The van der Waals surface area contributed by atoms with Gasteiger partial charge < -0.3 is 10.1 Å². The van der Waals surface area contributed by atoms with Crippen LogP contribution in [-0.4, -0.2) is 18.8 Å². The van der Waals surface area contributed by atoms with E-state index in [1.807, 2.05) is 0 Å². The van der Waals surface area contributed by atoms with Crippen molar-refractivity contribution in [3.05, 3.63) is 29.3 Å². The van der Waals surface area contributed by atoms with Gasteiger partial charge in [-0.05, 0) is 50.5 Å². The van der Waals surface area contributed by atoms with Crippen LogP contribution < -0.4 is 5.32 Å². The van der Waals surface area contributed by atoms with E-state index in [2.05, 4.69) is 44.3 Å². The van der Waals surface area contributed by atoms with Crippen LogP contribution in [0.1, 0.15) is 24.5 Å². The Hall–Kier alpha value is -1.02. The highest BCUT2D eigenvalue weighted by Gasteiger charge is 2.23. The van der Waals surface area contributed by atoms with Crippen molar-refractivity contribution < 1.29 is 4.74 Å². The zero-order valence-corrected chi connectivity index (χ0v) is 9.71. The van der Waals surface area contributed by atoms with Crippen LogP contribution in [0, 0.1) is 13.8 Å². The molecule has 1 fully saturated rings. The average Bonchev–Trinajstić information content (AvgIpc) is 2.59. The molecule has 0 bridgehead atoms. The van der Waals surface area contributed by atoms with E-state index < -0.39 is 0 Å². The summed E-state index contributed by atoms with van der Waals surface area (Å²) in [6, 6.07) is 6.98. The van der Waals surface area contributed by atoms with Crippen LogP contribution in [0.15, 0.2) is 18.2 Å². The summed E-state index contributed by atoms with van der Waals surface area (Å²) in [6.07, 6.45) is 1.43. The van der Waals surface area contributed by atoms with Gasteiger partial charge >= 0.3 is 0 Å². The zero-order chi connectivity index (χ0) is 10.8. The molecule has 0 amide bonds. The lowest BCUT2D eigenvalue weighted by atomic mass is 10.1. The Morgan fingerprint density at radius 1 is 1.27 bits per heavy atom. The Kier molecular flexibility index (Phi) is 2.96. The van der Waals surface area contributed by atoms with Crippen molar-refractivity contribution in [3.63, 3.8) is 0 Å². The van der Waals surface area contributed by atoms with Crippen molar-refractivity contribution >= 4 is 5.69 Å². The first-order chi connectivity index (χ1) is 7.16. The number of hydrogen-bond donors (Lipinski definition) is 1. The molecule has 2 heteroatoms. The molecule has 0 unspecified atom stereocenters. The first-order valence-electron chi connectivity index (χ1n) is 5.62. The molecule has 0 aliphatic carbocycles. The van der Waals surface area contributed by atoms with Crippen LogP contribution >= 0.6 is 0 Å². The van der Waals surface area contributed by atoms with Gasteiger partial charge in [-0.3, -0.25) is 0 Å².